The molecule has 6 heteroatoms. The van der Waals surface area contributed by atoms with E-state index in [2.05, 4.69) is 23.0 Å². The van der Waals surface area contributed by atoms with Crippen LogP contribution in [0, 0.1) is 5.92 Å². The van der Waals surface area contributed by atoms with Crippen molar-refractivity contribution in [3.8, 4) is 0 Å². The van der Waals surface area contributed by atoms with E-state index in [1.807, 2.05) is 36.7 Å². The van der Waals surface area contributed by atoms with Crippen LogP contribution in [0.15, 0.2) is 84.1 Å². The quantitative estimate of drug-likeness (QED) is 0.359. The lowest BCUT2D eigenvalue weighted by molar-refractivity contribution is -0.119. The van der Waals surface area contributed by atoms with Gasteiger partial charge in [0.05, 0.1) is 16.3 Å². The fourth-order valence-electron chi connectivity index (χ4n) is 4.60. The smallest absolute Gasteiger partial charge is 0.184 e. The van der Waals surface area contributed by atoms with Crippen molar-refractivity contribution < 1.29 is 13.2 Å². The molecule has 1 unspecified atom stereocenters. The van der Waals surface area contributed by atoms with Crippen LogP contribution in [-0.2, 0) is 33.2 Å². The average Bonchev–Trinajstić information content (AvgIpc) is 3.65. The number of hydrogen-bond acceptors (Lipinski definition) is 5. The van der Waals surface area contributed by atoms with E-state index >= 15 is 0 Å². The Kier molecular flexibility index (Phi) is 6.00. The number of benzene rings is 2. The number of pyridine rings is 2. The molecule has 0 spiro atoms. The Morgan fingerprint density at radius 1 is 1.03 bits per heavy atom. The van der Waals surface area contributed by atoms with Crippen molar-refractivity contribution in [1.82, 2.24) is 9.97 Å². The molecule has 2 heterocycles. The number of aromatic nitrogens is 2. The van der Waals surface area contributed by atoms with Gasteiger partial charge in [-0.1, -0.05) is 43.3 Å². The van der Waals surface area contributed by atoms with Crippen LogP contribution in [0.25, 0.3) is 10.8 Å². The number of nitrogens with zero attached hydrogens (tertiary/aromatic N) is 2. The lowest BCUT2D eigenvalue weighted by atomic mass is 9.98. The average molecular weight is 471 g/mol. The van der Waals surface area contributed by atoms with Crippen molar-refractivity contribution in [3.05, 3.63) is 102 Å². The first kappa shape index (κ1) is 22.4. The fraction of sp³-hybridized carbons (Fsp3) is 0.250. The van der Waals surface area contributed by atoms with Gasteiger partial charge < -0.3 is 0 Å². The number of sulfone groups is 1. The minimum absolute atomic E-state index is 0.00485. The van der Waals surface area contributed by atoms with Gasteiger partial charge in [0.15, 0.2) is 9.84 Å². The van der Waals surface area contributed by atoms with Gasteiger partial charge >= 0.3 is 0 Å². The van der Waals surface area contributed by atoms with E-state index in [4.69, 9.17) is 0 Å². The van der Waals surface area contributed by atoms with Crippen molar-refractivity contribution in [2.75, 3.05) is 0 Å². The van der Waals surface area contributed by atoms with Gasteiger partial charge in [-0.25, -0.2) is 8.42 Å². The van der Waals surface area contributed by atoms with Gasteiger partial charge in [-0.15, -0.1) is 0 Å². The van der Waals surface area contributed by atoms with E-state index in [9.17, 15) is 13.2 Å². The molecule has 1 fully saturated rings. The van der Waals surface area contributed by atoms with Crippen LogP contribution in [0.2, 0.25) is 0 Å². The number of rotatable bonds is 8. The summed E-state index contributed by atoms with van der Waals surface area (Å²) in [6.07, 6.45) is 7.48. The van der Waals surface area contributed by atoms with E-state index < -0.39 is 9.84 Å². The number of carbonyl (C=O) groups excluding carboxylic acids is 1. The predicted octanol–water partition coefficient (Wildman–Crippen LogP) is 5.08. The van der Waals surface area contributed by atoms with Gasteiger partial charge in [0, 0.05) is 36.3 Å². The molecule has 0 saturated heterocycles. The highest BCUT2D eigenvalue weighted by Gasteiger charge is 2.43. The summed E-state index contributed by atoms with van der Waals surface area (Å²) in [6.45, 7) is 2.11. The van der Waals surface area contributed by atoms with E-state index in [0.717, 1.165) is 34.7 Å². The Labute approximate surface area is 199 Å². The summed E-state index contributed by atoms with van der Waals surface area (Å²) < 4.78 is 25.4. The van der Waals surface area contributed by atoms with Crippen LogP contribution in [0.5, 0.6) is 0 Å². The molecular formula is C28H26N2O3S. The zero-order valence-electron chi connectivity index (χ0n) is 19.0. The summed E-state index contributed by atoms with van der Waals surface area (Å²) >= 11 is 0. The molecular weight excluding hydrogens is 444 g/mol. The van der Waals surface area contributed by atoms with E-state index in [1.54, 1.807) is 36.5 Å². The number of Topliss-reactive ketones (excluding diaryl/α,β-unsaturated/α-hetero) is 1. The van der Waals surface area contributed by atoms with Crippen LogP contribution in [0.3, 0.4) is 0 Å². The first-order valence-electron chi connectivity index (χ1n) is 11.6. The highest BCUT2D eigenvalue weighted by molar-refractivity contribution is 7.90. The lowest BCUT2D eigenvalue weighted by Gasteiger charge is -2.07. The first-order chi connectivity index (χ1) is 16.4. The second kappa shape index (κ2) is 9.11. The van der Waals surface area contributed by atoms with Crippen LogP contribution in [0.1, 0.15) is 41.6 Å². The third-order valence-corrected chi connectivity index (χ3v) is 8.27. The molecule has 1 saturated carbocycles. The number of ketones is 1. The van der Waals surface area contributed by atoms with Crippen molar-refractivity contribution in [2.45, 2.75) is 42.8 Å². The van der Waals surface area contributed by atoms with Gasteiger partial charge in [-0.05, 0) is 65.1 Å². The minimum atomic E-state index is -3.46. The van der Waals surface area contributed by atoms with Crippen molar-refractivity contribution >= 4 is 26.4 Å². The highest BCUT2D eigenvalue weighted by Crippen LogP contribution is 2.48. The Morgan fingerprint density at radius 2 is 1.85 bits per heavy atom. The summed E-state index contributed by atoms with van der Waals surface area (Å²) in [4.78, 5) is 21.6. The van der Waals surface area contributed by atoms with Crippen molar-refractivity contribution in [3.63, 3.8) is 0 Å². The Bertz CT molecular complexity index is 1450. The van der Waals surface area contributed by atoms with E-state index in [-0.39, 0.29) is 28.3 Å². The topological polar surface area (TPSA) is 77.0 Å². The summed E-state index contributed by atoms with van der Waals surface area (Å²) in [6, 6.07) is 18.4. The molecule has 2 aromatic carbocycles. The number of fused-ring (bicyclic) bond motifs is 1. The maximum atomic E-state index is 13.0. The van der Waals surface area contributed by atoms with Gasteiger partial charge in [0.25, 0.3) is 0 Å². The predicted molar refractivity (Wildman–Crippen MR) is 132 cm³/mol. The molecule has 5 nitrogen and oxygen atoms in total. The minimum Gasteiger partial charge on any atom is -0.299 e. The molecule has 0 aliphatic heterocycles. The third-order valence-electron chi connectivity index (χ3n) is 6.60. The summed E-state index contributed by atoms with van der Waals surface area (Å²) in [5, 5.41) is 2.26. The summed E-state index contributed by atoms with van der Waals surface area (Å²) in [5.74, 6) is 0.271. The molecule has 2 aromatic heterocycles. The van der Waals surface area contributed by atoms with Crippen LogP contribution in [0.4, 0.5) is 0 Å². The summed E-state index contributed by atoms with van der Waals surface area (Å²) in [7, 11) is -3.46. The third kappa shape index (κ3) is 4.64. The monoisotopic (exact) mass is 470 g/mol. The molecule has 172 valence electrons. The zero-order chi connectivity index (χ0) is 23.7. The molecule has 34 heavy (non-hydrogen) atoms. The molecule has 0 bridgehead atoms. The van der Waals surface area contributed by atoms with E-state index in [0.29, 0.717) is 12.1 Å². The van der Waals surface area contributed by atoms with Gasteiger partial charge in [0.2, 0.25) is 0 Å². The molecule has 0 radical (unpaired) electrons. The molecule has 4 aromatic rings. The van der Waals surface area contributed by atoms with Crippen LogP contribution >= 0.6 is 0 Å². The Balaban J connectivity index is 1.25. The second-order valence-corrected chi connectivity index (χ2v) is 10.9. The standard InChI is InChI=1S/C28H26N2O3S/c1-2-20-16-29-17-22-7-6-19(13-25(20)22)14-28(31)27-15-26(27)21-8-10-24(11-9-21)34(32,33)18-23-5-3-4-12-30-23/h3-13,16-17,26-27H,2,14-15,18H2,1H3/t26?,27-/m1/s1. The maximum absolute atomic E-state index is 13.0. The van der Waals surface area contributed by atoms with E-state index in [1.165, 1.54) is 5.56 Å². The number of carbonyl (C=O) groups is 1. The maximum Gasteiger partial charge on any atom is 0.184 e. The molecule has 2 atom stereocenters. The van der Waals surface area contributed by atoms with Gasteiger partial charge in [0.1, 0.15) is 5.78 Å². The lowest BCUT2D eigenvalue weighted by Crippen LogP contribution is -2.07. The normalized spacial score (nSPS) is 17.6. The van der Waals surface area contributed by atoms with Crippen LogP contribution in [-0.4, -0.2) is 24.2 Å². The highest BCUT2D eigenvalue weighted by atomic mass is 32.2. The zero-order valence-corrected chi connectivity index (χ0v) is 19.8. The molecule has 1 aliphatic carbocycles. The Morgan fingerprint density at radius 3 is 2.59 bits per heavy atom. The SMILES string of the molecule is CCc1cncc2ccc(CC(=O)[C@@H]3CC3c3ccc(S(=O)(=O)Cc4ccccn4)cc3)cc12. The molecule has 0 amide bonds. The molecule has 1 aliphatic rings. The summed E-state index contributed by atoms with van der Waals surface area (Å²) in [5.41, 5.74) is 3.76. The van der Waals surface area contributed by atoms with Crippen molar-refractivity contribution in [2.24, 2.45) is 5.92 Å². The number of hydrogen-bond donors (Lipinski definition) is 0. The van der Waals surface area contributed by atoms with Crippen LogP contribution < -0.4 is 0 Å². The second-order valence-electron chi connectivity index (χ2n) is 8.95. The number of aryl methyl sites for hydroxylation is 1. The van der Waals surface area contributed by atoms with Crippen molar-refractivity contribution in [1.29, 1.82) is 0 Å². The van der Waals surface area contributed by atoms with Gasteiger partial charge in [-0.2, -0.15) is 0 Å². The fourth-order valence-corrected chi connectivity index (χ4v) is 5.88. The molecule has 5 rings (SSSR count). The largest absolute Gasteiger partial charge is 0.299 e. The molecule has 0 N–H and O–H groups in total. The Hall–Kier alpha value is -3.38. The van der Waals surface area contributed by atoms with Gasteiger partial charge in [-0.3, -0.25) is 14.8 Å². The first-order valence-corrected chi connectivity index (χ1v) is 13.2.